The molecule has 2 aromatic rings. The van der Waals surface area contributed by atoms with E-state index in [4.69, 9.17) is 5.11 Å². The molecule has 0 saturated heterocycles. The zero-order valence-corrected chi connectivity index (χ0v) is 14.4. The first-order valence-corrected chi connectivity index (χ1v) is 8.55. The lowest BCUT2D eigenvalue weighted by Crippen LogP contribution is -2.28. The standard InChI is InChI=1S/C16H20N4O3S/c1-3-11(4-2)13-19-20-16(24-13)18-15(23)17-9-10-5-7-12(8-6-10)14(21)22/h5-8,11H,3-4,9H2,1-2H3,(H,21,22)(H2,17,18,20,23). The largest absolute Gasteiger partial charge is 0.478 e. The summed E-state index contributed by atoms with van der Waals surface area (Å²) in [6, 6.07) is 5.97. The Morgan fingerprint density at radius 2 is 1.83 bits per heavy atom. The van der Waals surface area contributed by atoms with Crippen LogP contribution in [0.1, 0.15) is 53.5 Å². The van der Waals surface area contributed by atoms with Crippen LogP contribution in [0.25, 0.3) is 0 Å². The number of aromatic carboxylic acids is 1. The molecule has 0 bridgehead atoms. The monoisotopic (exact) mass is 348 g/mol. The van der Waals surface area contributed by atoms with Crippen molar-refractivity contribution in [1.29, 1.82) is 0 Å². The first-order chi connectivity index (χ1) is 11.5. The van der Waals surface area contributed by atoms with E-state index < -0.39 is 5.97 Å². The Kier molecular flexibility index (Phi) is 6.25. The summed E-state index contributed by atoms with van der Waals surface area (Å²) in [6.45, 7) is 4.50. The van der Waals surface area contributed by atoms with Crippen molar-refractivity contribution < 1.29 is 14.7 Å². The molecule has 1 heterocycles. The fourth-order valence-electron chi connectivity index (χ4n) is 2.18. The second kappa shape index (κ2) is 8.39. The molecule has 0 radical (unpaired) electrons. The molecule has 1 aromatic carbocycles. The predicted octanol–water partition coefficient (Wildman–Crippen LogP) is 3.46. The zero-order chi connectivity index (χ0) is 17.5. The summed E-state index contributed by atoms with van der Waals surface area (Å²) in [5.41, 5.74) is 1.02. The van der Waals surface area contributed by atoms with Gasteiger partial charge in [0.1, 0.15) is 5.01 Å². The molecule has 2 rings (SSSR count). The molecule has 0 spiro atoms. The normalized spacial score (nSPS) is 10.6. The minimum Gasteiger partial charge on any atom is -0.478 e. The van der Waals surface area contributed by atoms with Gasteiger partial charge in [-0.2, -0.15) is 0 Å². The molecule has 24 heavy (non-hydrogen) atoms. The number of nitrogens with zero attached hydrogens (tertiary/aromatic N) is 2. The quantitative estimate of drug-likeness (QED) is 0.711. The fourth-order valence-corrected chi connectivity index (χ4v) is 3.18. The summed E-state index contributed by atoms with van der Waals surface area (Å²) >= 11 is 1.39. The highest BCUT2D eigenvalue weighted by Gasteiger charge is 2.14. The number of carboxylic acids is 1. The Morgan fingerprint density at radius 3 is 2.42 bits per heavy atom. The lowest BCUT2D eigenvalue weighted by Gasteiger charge is -2.06. The minimum absolute atomic E-state index is 0.214. The van der Waals surface area contributed by atoms with Gasteiger partial charge in [-0.05, 0) is 30.5 Å². The Bertz CT molecular complexity index is 696. The molecule has 0 unspecified atom stereocenters. The minimum atomic E-state index is -0.975. The van der Waals surface area contributed by atoms with Crippen LogP contribution in [0, 0.1) is 0 Å². The summed E-state index contributed by atoms with van der Waals surface area (Å²) in [7, 11) is 0. The van der Waals surface area contributed by atoms with E-state index in [2.05, 4.69) is 34.7 Å². The van der Waals surface area contributed by atoms with Gasteiger partial charge in [-0.1, -0.05) is 37.3 Å². The lowest BCUT2D eigenvalue weighted by molar-refractivity contribution is 0.0697. The molecule has 0 aliphatic carbocycles. The van der Waals surface area contributed by atoms with E-state index in [1.165, 1.54) is 23.5 Å². The van der Waals surface area contributed by atoms with Gasteiger partial charge in [0.25, 0.3) is 0 Å². The second-order valence-electron chi connectivity index (χ2n) is 5.27. The maximum Gasteiger partial charge on any atom is 0.335 e. The van der Waals surface area contributed by atoms with E-state index in [9.17, 15) is 9.59 Å². The van der Waals surface area contributed by atoms with Crippen molar-refractivity contribution in [2.24, 2.45) is 0 Å². The van der Waals surface area contributed by atoms with Gasteiger partial charge in [-0.25, -0.2) is 9.59 Å². The third-order valence-electron chi connectivity index (χ3n) is 3.65. The van der Waals surface area contributed by atoms with Crippen molar-refractivity contribution in [3.8, 4) is 0 Å². The molecule has 0 fully saturated rings. The third-order valence-corrected chi connectivity index (χ3v) is 4.65. The zero-order valence-electron chi connectivity index (χ0n) is 13.6. The van der Waals surface area contributed by atoms with E-state index >= 15 is 0 Å². The molecular weight excluding hydrogens is 328 g/mol. The van der Waals surface area contributed by atoms with E-state index in [-0.39, 0.29) is 11.6 Å². The van der Waals surface area contributed by atoms with E-state index in [1.54, 1.807) is 12.1 Å². The summed E-state index contributed by atoms with van der Waals surface area (Å²) < 4.78 is 0. The molecule has 8 heteroatoms. The number of carbonyl (C=O) groups excluding carboxylic acids is 1. The summed E-state index contributed by atoms with van der Waals surface area (Å²) in [5.74, 6) is -0.606. The number of anilines is 1. The van der Waals surface area contributed by atoms with Crippen molar-refractivity contribution in [1.82, 2.24) is 15.5 Å². The summed E-state index contributed by atoms with van der Waals surface area (Å²) in [5, 5.41) is 23.7. The predicted molar refractivity (Wildman–Crippen MR) is 92.5 cm³/mol. The van der Waals surface area contributed by atoms with E-state index in [1.807, 2.05) is 0 Å². The number of hydrogen-bond acceptors (Lipinski definition) is 5. The van der Waals surface area contributed by atoms with Crippen molar-refractivity contribution in [2.45, 2.75) is 39.2 Å². The summed E-state index contributed by atoms with van der Waals surface area (Å²) in [6.07, 6.45) is 1.98. The van der Waals surface area contributed by atoms with Crippen LogP contribution in [0.3, 0.4) is 0 Å². The highest BCUT2D eigenvalue weighted by Crippen LogP contribution is 2.27. The van der Waals surface area contributed by atoms with Crippen molar-refractivity contribution in [2.75, 3.05) is 5.32 Å². The van der Waals surface area contributed by atoms with Gasteiger partial charge in [0, 0.05) is 12.5 Å². The molecule has 2 amide bonds. The van der Waals surface area contributed by atoms with Gasteiger partial charge in [-0.15, -0.1) is 10.2 Å². The maximum absolute atomic E-state index is 11.9. The topological polar surface area (TPSA) is 104 Å². The van der Waals surface area contributed by atoms with Crippen molar-refractivity contribution >= 4 is 28.5 Å². The Hall–Kier alpha value is -2.48. The number of carbonyl (C=O) groups is 2. The van der Waals surface area contributed by atoms with Crippen molar-refractivity contribution in [3.63, 3.8) is 0 Å². The van der Waals surface area contributed by atoms with E-state index in [0.717, 1.165) is 23.4 Å². The van der Waals surface area contributed by atoms with Crippen molar-refractivity contribution in [3.05, 3.63) is 40.4 Å². The summed E-state index contributed by atoms with van der Waals surface area (Å²) in [4.78, 5) is 22.7. The number of rotatable bonds is 7. The number of nitrogens with one attached hydrogen (secondary N) is 2. The molecule has 0 atom stereocenters. The third kappa shape index (κ3) is 4.76. The second-order valence-corrected chi connectivity index (χ2v) is 6.28. The average molecular weight is 348 g/mol. The van der Waals surface area contributed by atoms with Crippen LogP contribution in [0.15, 0.2) is 24.3 Å². The Morgan fingerprint density at radius 1 is 1.17 bits per heavy atom. The van der Waals surface area contributed by atoms with Gasteiger partial charge in [0.05, 0.1) is 5.56 Å². The molecule has 0 aliphatic rings. The Balaban J connectivity index is 1.86. The van der Waals surface area contributed by atoms with Crippen LogP contribution in [-0.4, -0.2) is 27.3 Å². The smallest absolute Gasteiger partial charge is 0.335 e. The average Bonchev–Trinajstić information content (AvgIpc) is 3.02. The molecule has 3 N–H and O–H groups in total. The number of aromatic nitrogens is 2. The van der Waals surface area contributed by atoms with Gasteiger partial charge >= 0.3 is 12.0 Å². The SMILES string of the molecule is CCC(CC)c1nnc(NC(=O)NCc2ccc(C(=O)O)cc2)s1. The molecule has 1 aromatic heterocycles. The van der Waals surface area contributed by atoms with Gasteiger partial charge in [0.2, 0.25) is 5.13 Å². The van der Waals surface area contributed by atoms with Crippen LogP contribution in [0.5, 0.6) is 0 Å². The van der Waals surface area contributed by atoms with Crippen LogP contribution >= 0.6 is 11.3 Å². The Labute approximate surface area is 144 Å². The first kappa shape index (κ1) is 17.9. The first-order valence-electron chi connectivity index (χ1n) is 7.74. The molecular formula is C16H20N4O3S. The van der Waals surface area contributed by atoms with Crippen LogP contribution in [0.2, 0.25) is 0 Å². The molecule has 7 nitrogen and oxygen atoms in total. The highest BCUT2D eigenvalue weighted by atomic mass is 32.1. The number of amides is 2. The molecule has 128 valence electrons. The number of benzene rings is 1. The van der Waals surface area contributed by atoms with Gasteiger partial charge in [-0.3, -0.25) is 5.32 Å². The van der Waals surface area contributed by atoms with Crippen LogP contribution in [0.4, 0.5) is 9.93 Å². The molecule has 0 aliphatic heterocycles. The van der Waals surface area contributed by atoms with Gasteiger partial charge in [0.15, 0.2) is 0 Å². The van der Waals surface area contributed by atoms with Crippen LogP contribution < -0.4 is 10.6 Å². The van der Waals surface area contributed by atoms with Gasteiger partial charge < -0.3 is 10.4 Å². The fraction of sp³-hybridized carbons (Fsp3) is 0.375. The highest BCUT2D eigenvalue weighted by molar-refractivity contribution is 7.15. The van der Waals surface area contributed by atoms with Crippen LogP contribution in [-0.2, 0) is 6.54 Å². The maximum atomic E-state index is 11.9. The molecule has 0 saturated carbocycles. The number of urea groups is 1. The lowest BCUT2D eigenvalue weighted by atomic mass is 10.1. The number of carboxylic acid groups (broad SMARTS) is 1. The van der Waals surface area contributed by atoms with E-state index in [0.29, 0.717) is 17.6 Å². The number of hydrogen-bond donors (Lipinski definition) is 3.